The average Bonchev–Trinajstić information content (AvgIpc) is 3.84. The van der Waals surface area contributed by atoms with Crippen LogP contribution in [0.4, 0.5) is 0 Å². The molecule has 5 aromatic rings. The Labute approximate surface area is 268 Å². The Morgan fingerprint density at radius 3 is 1.91 bits per heavy atom. The molecule has 0 saturated heterocycles. The molecule has 0 aliphatic carbocycles. The number of phenols is 1. The minimum atomic E-state index is -1.32. The molecule has 0 bridgehead atoms. The van der Waals surface area contributed by atoms with Gasteiger partial charge in [0.05, 0.1) is 18.7 Å². The summed E-state index contributed by atoms with van der Waals surface area (Å²) < 4.78 is 0. The molecule has 0 radical (unpaired) electrons. The molecular formula is C32H35N9O6. The molecule has 3 amide bonds. The van der Waals surface area contributed by atoms with E-state index in [-0.39, 0.29) is 31.4 Å². The predicted octanol–water partition coefficient (Wildman–Crippen LogP) is 0.457. The number of carbonyl (C=O) groups is 4. The summed E-state index contributed by atoms with van der Waals surface area (Å²) in [5.74, 6) is -3.22. The van der Waals surface area contributed by atoms with Gasteiger partial charge in [0.25, 0.3) is 0 Å². The molecule has 4 unspecified atom stereocenters. The Bertz CT molecular complexity index is 1800. The van der Waals surface area contributed by atoms with Gasteiger partial charge in [-0.2, -0.15) is 0 Å². The number of hydrogen-bond donors (Lipinski definition) is 9. The highest BCUT2D eigenvalue weighted by Gasteiger charge is 2.31. The molecule has 3 aromatic heterocycles. The van der Waals surface area contributed by atoms with E-state index < -0.39 is 47.9 Å². The number of aromatic hydroxyl groups is 1. The second-order valence-electron chi connectivity index (χ2n) is 11.1. The summed E-state index contributed by atoms with van der Waals surface area (Å²) in [5.41, 5.74) is 9.53. The first-order chi connectivity index (χ1) is 22.7. The van der Waals surface area contributed by atoms with Gasteiger partial charge in [0.2, 0.25) is 17.7 Å². The molecule has 0 saturated carbocycles. The van der Waals surface area contributed by atoms with Crippen molar-refractivity contribution in [3.63, 3.8) is 0 Å². The minimum absolute atomic E-state index is 0.0396. The van der Waals surface area contributed by atoms with E-state index in [2.05, 4.69) is 40.9 Å². The molecule has 0 fully saturated rings. The number of imidazole rings is 2. The summed E-state index contributed by atoms with van der Waals surface area (Å²) in [6, 6.07) is 9.02. The van der Waals surface area contributed by atoms with Crippen molar-refractivity contribution < 1.29 is 29.4 Å². The fourth-order valence-electron chi connectivity index (χ4n) is 5.17. The van der Waals surface area contributed by atoms with Crippen molar-refractivity contribution in [1.29, 1.82) is 0 Å². The number of aliphatic carboxylic acids is 1. The molecule has 3 heterocycles. The first kappa shape index (κ1) is 32.4. The summed E-state index contributed by atoms with van der Waals surface area (Å²) in [4.78, 5) is 69.5. The number of carbonyl (C=O) groups excluding carboxylic acids is 3. The maximum Gasteiger partial charge on any atom is 0.326 e. The quantitative estimate of drug-likeness (QED) is 0.0769. The van der Waals surface area contributed by atoms with E-state index in [4.69, 9.17) is 5.73 Å². The van der Waals surface area contributed by atoms with Crippen LogP contribution in [0.25, 0.3) is 10.9 Å². The first-order valence-electron chi connectivity index (χ1n) is 14.8. The van der Waals surface area contributed by atoms with Crippen LogP contribution in [-0.2, 0) is 44.9 Å². The molecule has 5 rings (SSSR count). The number of carboxylic acids is 1. The van der Waals surface area contributed by atoms with Gasteiger partial charge in [-0.25, -0.2) is 14.8 Å². The number of phenolic OH excluding ortho intramolecular Hbond substituents is 1. The molecule has 4 atom stereocenters. The van der Waals surface area contributed by atoms with Crippen LogP contribution in [-0.4, -0.2) is 83.0 Å². The van der Waals surface area contributed by atoms with Crippen molar-refractivity contribution in [2.24, 2.45) is 5.73 Å². The van der Waals surface area contributed by atoms with Crippen LogP contribution in [0.1, 0.15) is 22.5 Å². The zero-order valence-electron chi connectivity index (χ0n) is 25.1. The molecule has 47 heavy (non-hydrogen) atoms. The van der Waals surface area contributed by atoms with Gasteiger partial charge in [0.15, 0.2) is 0 Å². The van der Waals surface area contributed by atoms with E-state index in [1.165, 1.54) is 37.2 Å². The molecule has 0 spiro atoms. The van der Waals surface area contributed by atoms with E-state index in [1.807, 2.05) is 24.3 Å². The Morgan fingerprint density at radius 2 is 1.30 bits per heavy atom. The highest BCUT2D eigenvalue weighted by atomic mass is 16.4. The van der Waals surface area contributed by atoms with Gasteiger partial charge in [0.1, 0.15) is 23.9 Å². The Balaban J connectivity index is 1.36. The van der Waals surface area contributed by atoms with Crippen LogP contribution in [0.3, 0.4) is 0 Å². The molecule has 15 heteroatoms. The number of nitrogens with one attached hydrogen (secondary N) is 6. The van der Waals surface area contributed by atoms with Crippen LogP contribution in [0.5, 0.6) is 5.75 Å². The number of H-pyrrole nitrogens is 3. The average molecular weight is 642 g/mol. The Morgan fingerprint density at radius 1 is 0.723 bits per heavy atom. The van der Waals surface area contributed by atoms with E-state index in [1.54, 1.807) is 18.3 Å². The Kier molecular flexibility index (Phi) is 10.3. The van der Waals surface area contributed by atoms with Gasteiger partial charge in [-0.05, 0) is 35.7 Å². The molecule has 15 nitrogen and oxygen atoms in total. The highest BCUT2D eigenvalue weighted by molar-refractivity contribution is 5.95. The standard InChI is InChI=1S/C32H35N9O6/c33-24(9-18-5-7-22(42)8-6-18)29(43)39-26(10-19-13-36-25-4-2-1-3-23(19)25)30(44)40-27(11-20-14-34-16-37-20)31(45)41-28(32(46)47)12-21-15-35-17-38-21/h1-8,13-17,24,26-28,36,42H,9-12,33H2,(H,34,37)(H,35,38)(H,39,43)(H,40,44)(H,41,45)(H,46,47). The van der Waals surface area contributed by atoms with Crippen molar-refractivity contribution in [3.8, 4) is 5.75 Å². The zero-order chi connectivity index (χ0) is 33.3. The number of amides is 3. The predicted molar refractivity (Wildman–Crippen MR) is 170 cm³/mol. The molecule has 244 valence electrons. The molecule has 0 aliphatic rings. The van der Waals surface area contributed by atoms with E-state index >= 15 is 0 Å². The third-order valence-corrected chi connectivity index (χ3v) is 7.67. The van der Waals surface area contributed by atoms with E-state index in [9.17, 15) is 29.4 Å². The summed E-state index contributed by atoms with van der Waals surface area (Å²) in [7, 11) is 0. The number of aromatic amines is 3. The number of carboxylic acid groups (broad SMARTS) is 1. The second-order valence-corrected chi connectivity index (χ2v) is 11.1. The summed E-state index contributed by atoms with van der Waals surface area (Å²) in [6.07, 6.45) is 7.60. The maximum atomic E-state index is 13.9. The van der Waals surface area contributed by atoms with Crippen LogP contribution in [0, 0.1) is 0 Å². The number of fused-ring (bicyclic) bond motifs is 1. The number of benzene rings is 2. The smallest absolute Gasteiger partial charge is 0.326 e. The van der Waals surface area contributed by atoms with Crippen LogP contribution >= 0.6 is 0 Å². The molecule has 10 N–H and O–H groups in total. The molecule has 0 aliphatic heterocycles. The van der Waals surface area contributed by atoms with Gasteiger partial charge in [-0.3, -0.25) is 14.4 Å². The van der Waals surface area contributed by atoms with Gasteiger partial charge < -0.3 is 46.8 Å². The SMILES string of the molecule is NC(Cc1ccc(O)cc1)C(=O)NC(Cc1c[nH]c2ccccc12)C(=O)NC(Cc1cnc[nH]1)C(=O)NC(Cc1cnc[nH]1)C(=O)O. The van der Waals surface area contributed by atoms with Crippen molar-refractivity contribution in [2.75, 3.05) is 0 Å². The molecule has 2 aromatic carbocycles. The lowest BCUT2D eigenvalue weighted by atomic mass is 10.0. The summed E-state index contributed by atoms with van der Waals surface area (Å²) in [6.45, 7) is 0. The largest absolute Gasteiger partial charge is 0.508 e. The van der Waals surface area contributed by atoms with E-state index in [0.29, 0.717) is 17.0 Å². The van der Waals surface area contributed by atoms with Crippen LogP contribution < -0.4 is 21.7 Å². The molecular weight excluding hydrogens is 606 g/mol. The lowest BCUT2D eigenvalue weighted by Crippen LogP contribution is -2.58. The Hall–Kier alpha value is -5.96. The topological polar surface area (TPSA) is 244 Å². The maximum absolute atomic E-state index is 13.9. The highest BCUT2D eigenvalue weighted by Crippen LogP contribution is 2.20. The lowest BCUT2D eigenvalue weighted by molar-refractivity contribution is -0.142. The van der Waals surface area contributed by atoms with Gasteiger partial charge in [0, 0.05) is 60.1 Å². The third-order valence-electron chi connectivity index (χ3n) is 7.67. The monoisotopic (exact) mass is 641 g/mol. The van der Waals surface area contributed by atoms with Gasteiger partial charge in [-0.1, -0.05) is 30.3 Å². The number of para-hydroxylation sites is 1. The van der Waals surface area contributed by atoms with Crippen molar-refractivity contribution in [2.45, 2.75) is 49.9 Å². The summed E-state index contributed by atoms with van der Waals surface area (Å²) in [5, 5.41) is 28.2. The number of hydrogen-bond acceptors (Lipinski definition) is 8. The normalized spacial score (nSPS) is 13.7. The van der Waals surface area contributed by atoms with Gasteiger partial charge >= 0.3 is 5.97 Å². The summed E-state index contributed by atoms with van der Waals surface area (Å²) >= 11 is 0. The van der Waals surface area contributed by atoms with Crippen molar-refractivity contribution in [3.05, 3.63) is 102 Å². The fourth-order valence-corrected chi connectivity index (χ4v) is 5.17. The third kappa shape index (κ3) is 8.61. The minimum Gasteiger partial charge on any atom is -0.508 e. The van der Waals surface area contributed by atoms with E-state index in [0.717, 1.165) is 16.5 Å². The number of rotatable bonds is 15. The van der Waals surface area contributed by atoms with Crippen molar-refractivity contribution in [1.82, 2.24) is 40.9 Å². The number of nitrogens with two attached hydrogens (primary N) is 1. The van der Waals surface area contributed by atoms with Crippen molar-refractivity contribution >= 4 is 34.6 Å². The fraction of sp³-hybridized carbons (Fsp3) is 0.250. The van der Waals surface area contributed by atoms with Crippen LogP contribution in [0.2, 0.25) is 0 Å². The van der Waals surface area contributed by atoms with Crippen LogP contribution in [0.15, 0.2) is 79.8 Å². The number of nitrogens with zero attached hydrogens (tertiary/aromatic N) is 2. The van der Waals surface area contributed by atoms with Gasteiger partial charge in [-0.15, -0.1) is 0 Å². The number of aromatic nitrogens is 5. The second kappa shape index (κ2) is 14.9. The lowest BCUT2D eigenvalue weighted by Gasteiger charge is -2.25. The zero-order valence-corrected chi connectivity index (χ0v) is 25.1. The first-order valence-corrected chi connectivity index (χ1v) is 14.8.